The van der Waals surface area contributed by atoms with Crippen molar-refractivity contribution in [3.63, 3.8) is 0 Å². The van der Waals surface area contributed by atoms with Crippen LogP contribution in [0.3, 0.4) is 0 Å². The minimum atomic E-state index is -0.239. The number of rotatable bonds is 6. The first-order chi connectivity index (χ1) is 11.4. The second-order valence-electron chi connectivity index (χ2n) is 7.87. The molecule has 3 nitrogen and oxygen atoms in total. The Hall–Kier alpha value is -1.00. The van der Waals surface area contributed by atoms with E-state index in [0.29, 0.717) is 11.7 Å². The summed E-state index contributed by atoms with van der Waals surface area (Å²) >= 11 is 1.79. The topological polar surface area (TPSA) is 46.5 Å². The number of fused-ring (bicyclic) bond motifs is 2. The third-order valence-corrected chi connectivity index (χ3v) is 8.01. The molecule has 2 aliphatic rings. The Morgan fingerprint density at radius 3 is 2.62 bits per heavy atom. The number of benzene rings is 1. The molecule has 2 saturated carbocycles. The van der Waals surface area contributed by atoms with Gasteiger partial charge in [-0.3, -0.25) is 4.79 Å². The number of ether oxygens (including phenoxy) is 1. The zero-order chi connectivity index (χ0) is 17.4. The third kappa shape index (κ3) is 2.78. The van der Waals surface area contributed by atoms with Crippen molar-refractivity contribution in [2.45, 2.75) is 45.1 Å². The number of esters is 1. The summed E-state index contributed by atoms with van der Waals surface area (Å²) in [5.41, 5.74) is 1.19. The number of carbonyl (C=O) groups is 1. The Morgan fingerprint density at radius 2 is 2.08 bits per heavy atom. The van der Waals surface area contributed by atoms with Gasteiger partial charge in [-0.2, -0.15) is 11.8 Å². The van der Waals surface area contributed by atoms with Crippen molar-refractivity contribution in [1.82, 2.24) is 0 Å². The summed E-state index contributed by atoms with van der Waals surface area (Å²) in [6.45, 7) is 4.63. The molecule has 4 heteroatoms. The first-order valence-corrected chi connectivity index (χ1v) is 9.96. The number of hydrogen-bond acceptors (Lipinski definition) is 4. The molecule has 132 valence electrons. The van der Waals surface area contributed by atoms with Gasteiger partial charge in [-0.1, -0.05) is 44.2 Å². The molecule has 0 spiro atoms. The molecule has 0 amide bonds. The zero-order valence-corrected chi connectivity index (χ0v) is 15.6. The van der Waals surface area contributed by atoms with E-state index in [2.05, 4.69) is 13.8 Å². The maximum Gasteiger partial charge on any atom is 0.313 e. The molecule has 24 heavy (non-hydrogen) atoms. The number of thioether (sulfide) groups is 1. The number of methoxy groups -OCH3 is 1. The molecule has 3 rings (SSSR count). The molecule has 1 N–H and O–H groups in total. The molecule has 0 unspecified atom stereocenters. The number of carbonyl (C=O) groups excluding carboxylic acids is 1. The smallest absolute Gasteiger partial charge is 0.313 e. The van der Waals surface area contributed by atoms with E-state index in [4.69, 9.17) is 4.74 Å². The van der Waals surface area contributed by atoms with E-state index in [1.54, 1.807) is 11.8 Å². The van der Waals surface area contributed by atoms with Crippen LogP contribution in [0.4, 0.5) is 0 Å². The van der Waals surface area contributed by atoms with E-state index in [1.165, 1.54) is 13.5 Å². The number of aliphatic hydroxyl groups is 1. The van der Waals surface area contributed by atoms with Gasteiger partial charge in [0.1, 0.15) is 0 Å². The Bertz CT molecular complexity index is 586. The normalized spacial score (nSPS) is 31.8. The van der Waals surface area contributed by atoms with Gasteiger partial charge in [-0.05, 0) is 36.2 Å². The summed E-state index contributed by atoms with van der Waals surface area (Å²) in [6, 6.07) is 9.85. The van der Waals surface area contributed by atoms with E-state index in [1.807, 2.05) is 30.3 Å². The van der Waals surface area contributed by atoms with E-state index >= 15 is 0 Å². The fourth-order valence-electron chi connectivity index (χ4n) is 4.87. The van der Waals surface area contributed by atoms with Crippen molar-refractivity contribution in [3.05, 3.63) is 35.9 Å². The van der Waals surface area contributed by atoms with Gasteiger partial charge in [0.05, 0.1) is 19.1 Å². The van der Waals surface area contributed by atoms with Crippen molar-refractivity contribution in [2.75, 3.05) is 18.6 Å². The van der Waals surface area contributed by atoms with Crippen LogP contribution in [-0.2, 0) is 9.53 Å². The highest BCUT2D eigenvalue weighted by Gasteiger charge is 2.63. The van der Waals surface area contributed by atoms with Crippen LogP contribution in [0.1, 0.15) is 44.6 Å². The minimum absolute atomic E-state index is 0.000307. The second-order valence-corrected chi connectivity index (χ2v) is 8.90. The molecule has 2 fully saturated rings. The van der Waals surface area contributed by atoms with Crippen LogP contribution in [0, 0.1) is 16.7 Å². The van der Waals surface area contributed by atoms with Crippen molar-refractivity contribution < 1.29 is 14.6 Å². The highest BCUT2D eigenvalue weighted by atomic mass is 32.2. The van der Waals surface area contributed by atoms with Gasteiger partial charge in [0.15, 0.2) is 0 Å². The summed E-state index contributed by atoms with van der Waals surface area (Å²) in [5, 5.41) is 10.6. The van der Waals surface area contributed by atoms with Crippen LogP contribution in [-0.4, -0.2) is 35.8 Å². The predicted molar refractivity (Wildman–Crippen MR) is 98.1 cm³/mol. The largest absolute Gasteiger partial charge is 0.469 e. The Morgan fingerprint density at radius 1 is 1.38 bits per heavy atom. The highest BCUT2D eigenvalue weighted by Crippen LogP contribution is 2.66. The lowest BCUT2D eigenvalue weighted by Crippen LogP contribution is -2.41. The minimum Gasteiger partial charge on any atom is -0.469 e. The average molecular weight is 349 g/mol. The van der Waals surface area contributed by atoms with Gasteiger partial charge in [0.25, 0.3) is 0 Å². The van der Waals surface area contributed by atoms with E-state index in [0.717, 1.165) is 24.2 Å². The van der Waals surface area contributed by atoms with E-state index in [9.17, 15) is 9.90 Å². The first kappa shape index (κ1) is 17.8. The average Bonchev–Trinajstić information content (AvgIpc) is 2.93. The molecule has 0 heterocycles. The fraction of sp³-hybridized carbons (Fsp3) is 0.650. The fourth-order valence-corrected chi connectivity index (χ4v) is 6.62. The second kappa shape index (κ2) is 6.72. The van der Waals surface area contributed by atoms with Crippen LogP contribution in [0.2, 0.25) is 0 Å². The SMILES string of the molecule is COC(=O)[C@H](CSC[C@]12CC[C@H](C[C@H]1O)C2(C)C)c1ccccc1. The Labute approximate surface area is 149 Å². The summed E-state index contributed by atoms with van der Waals surface area (Å²) in [6.07, 6.45) is 3.07. The maximum absolute atomic E-state index is 12.2. The van der Waals surface area contributed by atoms with Crippen LogP contribution in [0.15, 0.2) is 30.3 Å². The van der Waals surface area contributed by atoms with Crippen LogP contribution < -0.4 is 0 Å². The molecule has 0 radical (unpaired) electrons. The number of aliphatic hydroxyl groups excluding tert-OH is 1. The molecule has 1 aromatic carbocycles. The summed E-state index contributed by atoms with van der Waals surface area (Å²) in [4.78, 5) is 12.2. The molecule has 1 aromatic rings. The van der Waals surface area contributed by atoms with Crippen LogP contribution >= 0.6 is 11.8 Å². The zero-order valence-electron chi connectivity index (χ0n) is 14.8. The summed E-state index contributed by atoms with van der Waals surface area (Å²) < 4.78 is 5.01. The van der Waals surface area contributed by atoms with Crippen molar-refractivity contribution in [1.29, 1.82) is 0 Å². The van der Waals surface area contributed by atoms with Crippen molar-refractivity contribution in [3.8, 4) is 0 Å². The summed E-state index contributed by atoms with van der Waals surface area (Å²) in [7, 11) is 1.45. The molecule has 4 atom stereocenters. The lowest BCUT2D eigenvalue weighted by molar-refractivity contribution is -0.141. The molecule has 0 aromatic heterocycles. The van der Waals surface area contributed by atoms with Gasteiger partial charge in [0, 0.05) is 16.9 Å². The van der Waals surface area contributed by atoms with Gasteiger partial charge in [0.2, 0.25) is 0 Å². The van der Waals surface area contributed by atoms with Crippen LogP contribution in [0.5, 0.6) is 0 Å². The van der Waals surface area contributed by atoms with E-state index < -0.39 is 0 Å². The van der Waals surface area contributed by atoms with Crippen LogP contribution in [0.25, 0.3) is 0 Å². The molecular formula is C20H28O3S. The molecule has 0 saturated heterocycles. The monoisotopic (exact) mass is 348 g/mol. The first-order valence-electron chi connectivity index (χ1n) is 8.81. The van der Waals surface area contributed by atoms with Gasteiger partial charge in [-0.15, -0.1) is 0 Å². The lowest BCUT2D eigenvalue weighted by atomic mass is 9.70. The number of hydrogen-bond donors (Lipinski definition) is 1. The lowest BCUT2D eigenvalue weighted by Gasteiger charge is -2.40. The molecule has 2 bridgehead atoms. The van der Waals surface area contributed by atoms with Crippen molar-refractivity contribution in [2.24, 2.45) is 16.7 Å². The Balaban J connectivity index is 1.69. The maximum atomic E-state index is 12.2. The standard InChI is InChI=1S/C20H28O3S/c1-19(2)15-9-10-20(19,17(21)11-15)13-24-12-16(18(22)23-3)14-7-5-4-6-8-14/h4-8,15-17,21H,9-13H2,1-3H3/t15-,16-,17-,20-/m1/s1. The highest BCUT2D eigenvalue weighted by molar-refractivity contribution is 7.99. The Kier molecular flexibility index (Phi) is 4.99. The molecular weight excluding hydrogens is 320 g/mol. The quantitative estimate of drug-likeness (QED) is 0.793. The summed E-state index contributed by atoms with van der Waals surface area (Å²) in [5.74, 6) is 1.83. The van der Waals surface area contributed by atoms with Gasteiger partial charge >= 0.3 is 5.97 Å². The van der Waals surface area contributed by atoms with Crippen molar-refractivity contribution >= 4 is 17.7 Å². The third-order valence-electron chi connectivity index (χ3n) is 6.72. The van der Waals surface area contributed by atoms with Gasteiger partial charge < -0.3 is 9.84 Å². The molecule has 2 aliphatic carbocycles. The predicted octanol–water partition coefficient (Wildman–Crippen LogP) is 3.86. The molecule has 0 aliphatic heterocycles. The van der Waals surface area contributed by atoms with Gasteiger partial charge in [-0.25, -0.2) is 0 Å². The van der Waals surface area contributed by atoms with E-state index in [-0.39, 0.29) is 28.8 Å².